The zero-order chi connectivity index (χ0) is 15.4. The van der Waals surface area contributed by atoms with Gasteiger partial charge in [0.25, 0.3) is 0 Å². The molecular weight excluding hydrogens is 338 g/mol. The largest absolute Gasteiger partial charge is 0.478 e. The van der Waals surface area contributed by atoms with Crippen LogP contribution in [0.25, 0.3) is 0 Å². The normalized spacial score (nSPS) is 16.4. The molecular formula is C14H18BrN3O3. The molecule has 1 aromatic rings. The minimum absolute atomic E-state index is 0.128. The number of hydrogen-bond acceptors (Lipinski definition) is 3. The smallest absolute Gasteiger partial charge is 0.336 e. The van der Waals surface area contributed by atoms with Crippen LogP contribution in [0.5, 0.6) is 0 Å². The highest BCUT2D eigenvalue weighted by Gasteiger charge is 2.18. The van der Waals surface area contributed by atoms with Crippen molar-refractivity contribution in [2.24, 2.45) is 0 Å². The molecule has 6 nitrogen and oxygen atoms in total. The quantitative estimate of drug-likeness (QED) is 0.853. The van der Waals surface area contributed by atoms with Gasteiger partial charge in [0.15, 0.2) is 0 Å². The summed E-state index contributed by atoms with van der Waals surface area (Å²) in [5.74, 6) is -1.03. The highest BCUT2D eigenvalue weighted by molar-refractivity contribution is 9.10. The number of carbonyl (C=O) groups is 2. The number of carbonyl (C=O) groups excluding carboxylic acids is 1. The Morgan fingerprint density at radius 1 is 1.24 bits per heavy atom. The summed E-state index contributed by atoms with van der Waals surface area (Å²) < 4.78 is 0.490. The number of carboxylic acids is 1. The Morgan fingerprint density at radius 3 is 2.71 bits per heavy atom. The predicted molar refractivity (Wildman–Crippen MR) is 83.8 cm³/mol. The Bertz CT molecular complexity index is 550. The van der Waals surface area contributed by atoms with E-state index in [0.29, 0.717) is 23.2 Å². The van der Waals surface area contributed by atoms with Crippen LogP contribution in [0.3, 0.4) is 0 Å². The van der Waals surface area contributed by atoms with Crippen molar-refractivity contribution in [2.45, 2.75) is 6.42 Å². The minimum Gasteiger partial charge on any atom is -0.478 e. The molecule has 1 aliphatic heterocycles. The summed E-state index contributed by atoms with van der Waals surface area (Å²) in [6.07, 6.45) is 0.935. The van der Waals surface area contributed by atoms with E-state index in [4.69, 9.17) is 5.11 Å². The molecule has 1 heterocycles. The number of benzene rings is 1. The van der Waals surface area contributed by atoms with Crippen LogP contribution < -0.4 is 5.32 Å². The van der Waals surface area contributed by atoms with Gasteiger partial charge in [0.05, 0.1) is 5.56 Å². The average molecular weight is 356 g/mol. The van der Waals surface area contributed by atoms with Gasteiger partial charge in [-0.1, -0.05) is 0 Å². The Kier molecular flexibility index (Phi) is 5.19. The molecule has 114 valence electrons. The fraction of sp³-hybridized carbons (Fsp3) is 0.429. The van der Waals surface area contributed by atoms with Crippen LogP contribution in [-0.4, -0.2) is 60.1 Å². The predicted octanol–water partition coefficient (Wildman–Crippen LogP) is 2.32. The number of nitrogens with one attached hydrogen (secondary N) is 1. The van der Waals surface area contributed by atoms with Crippen molar-refractivity contribution in [2.75, 3.05) is 38.5 Å². The molecule has 1 aromatic carbocycles. The van der Waals surface area contributed by atoms with Gasteiger partial charge in [0, 0.05) is 29.8 Å². The van der Waals surface area contributed by atoms with E-state index in [9.17, 15) is 9.59 Å². The molecule has 0 spiro atoms. The molecule has 1 fully saturated rings. The third-order valence-corrected chi connectivity index (χ3v) is 4.15. The first-order chi connectivity index (χ1) is 9.97. The molecule has 21 heavy (non-hydrogen) atoms. The van der Waals surface area contributed by atoms with Crippen LogP contribution in [0.15, 0.2) is 22.7 Å². The number of halogens is 1. The van der Waals surface area contributed by atoms with Gasteiger partial charge in [-0.3, -0.25) is 0 Å². The van der Waals surface area contributed by atoms with E-state index in [1.54, 1.807) is 17.0 Å². The molecule has 2 amide bonds. The summed E-state index contributed by atoms with van der Waals surface area (Å²) in [6.45, 7) is 3.20. The van der Waals surface area contributed by atoms with E-state index >= 15 is 0 Å². The number of urea groups is 1. The molecule has 0 atom stereocenters. The average Bonchev–Trinajstić information content (AvgIpc) is 2.65. The number of aromatic carboxylic acids is 1. The summed E-state index contributed by atoms with van der Waals surface area (Å²) in [5.41, 5.74) is 0.613. The number of hydrogen-bond donors (Lipinski definition) is 2. The zero-order valence-corrected chi connectivity index (χ0v) is 13.4. The summed E-state index contributed by atoms with van der Waals surface area (Å²) in [7, 11) is 2.04. The maximum absolute atomic E-state index is 12.2. The van der Waals surface area contributed by atoms with E-state index in [-0.39, 0.29) is 11.6 Å². The van der Waals surface area contributed by atoms with Crippen LogP contribution in [0.4, 0.5) is 10.5 Å². The summed E-state index contributed by atoms with van der Waals surface area (Å²) in [4.78, 5) is 27.3. The van der Waals surface area contributed by atoms with E-state index < -0.39 is 5.97 Å². The SMILES string of the molecule is CN1CCCN(C(=O)Nc2ccc(Br)c(C(=O)O)c2)CC1. The van der Waals surface area contributed by atoms with Gasteiger partial charge < -0.3 is 20.2 Å². The molecule has 0 aliphatic carbocycles. The Balaban J connectivity index is 2.05. The molecule has 2 N–H and O–H groups in total. The molecule has 0 bridgehead atoms. The first kappa shape index (κ1) is 15.8. The molecule has 2 rings (SSSR count). The topological polar surface area (TPSA) is 72.9 Å². The van der Waals surface area contributed by atoms with Crippen molar-refractivity contribution in [3.8, 4) is 0 Å². The van der Waals surface area contributed by atoms with Gasteiger partial charge in [0.1, 0.15) is 0 Å². The molecule has 1 aliphatic rings. The fourth-order valence-electron chi connectivity index (χ4n) is 2.22. The van der Waals surface area contributed by atoms with Crippen molar-refractivity contribution in [1.29, 1.82) is 0 Å². The summed E-state index contributed by atoms with van der Waals surface area (Å²) in [5, 5.41) is 11.8. The van der Waals surface area contributed by atoms with Gasteiger partial charge in [0.2, 0.25) is 0 Å². The van der Waals surface area contributed by atoms with Crippen LogP contribution in [0.2, 0.25) is 0 Å². The van der Waals surface area contributed by atoms with Crippen molar-refractivity contribution < 1.29 is 14.7 Å². The van der Waals surface area contributed by atoms with Crippen molar-refractivity contribution in [3.63, 3.8) is 0 Å². The van der Waals surface area contributed by atoms with Crippen LogP contribution in [0.1, 0.15) is 16.8 Å². The molecule has 1 saturated heterocycles. The highest BCUT2D eigenvalue weighted by atomic mass is 79.9. The standard InChI is InChI=1S/C14H18BrN3O3/c1-17-5-2-6-18(8-7-17)14(21)16-10-3-4-12(15)11(9-10)13(19)20/h3-4,9H,2,5-8H2,1H3,(H,16,21)(H,19,20). The Hall–Kier alpha value is -1.60. The number of amides is 2. The first-order valence-electron chi connectivity index (χ1n) is 6.74. The van der Waals surface area contributed by atoms with Crippen LogP contribution in [0, 0.1) is 0 Å². The van der Waals surface area contributed by atoms with Gasteiger partial charge in [-0.05, 0) is 54.1 Å². The van der Waals surface area contributed by atoms with Gasteiger partial charge in [-0.25, -0.2) is 9.59 Å². The lowest BCUT2D eigenvalue weighted by molar-refractivity contribution is 0.0696. The van der Waals surface area contributed by atoms with Crippen LogP contribution in [-0.2, 0) is 0 Å². The second-order valence-corrected chi connectivity index (χ2v) is 5.93. The lowest BCUT2D eigenvalue weighted by Crippen LogP contribution is -2.37. The molecule has 0 unspecified atom stereocenters. The maximum Gasteiger partial charge on any atom is 0.336 e. The highest BCUT2D eigenvalue weighted by Crippen LogP contribution is 2.21. The van der Waals surface area contributed by atoms with Crippen molar-refractivity contribution >= 4 is 33.6 Å². The second-order valence-electron chi connectivity index (χ2n) is 5.07. The summed E-state index contributed by atoms with van der Waals surface area (Å²) in [6, 6.07) is 4.56. The first-order valence-corrected chi connectivity index (χ1v) is 7.54. The number of rotatable bonds is 2. The molecule has 0 aromatic heterocycles. The van der Waals surface area contributed by atoms with E-state index in [0.717, 1.165) is 19.5 Å². The maximum atomic E-state index is 12.2. The summed E-state index contributed by atoms with van der Waals surface area (Å²) >= 11 is 3.18. The second kappa shape index (κ2) is 6.91. The third kappa shape index (κ3) is 4.18. The Labute approximate surface area is 131 Å². The number of likely N-dealkylation sites (N-methyl/N-ethyl adjacent to an activating group) is 1. The van der Waals surface area contributed by atoms with Crippen molar-refractivity contribution in [1.82, 2.24) is 9.80 Å². The zero-order valence-electron chi connectivity index (χ0n) is 11.8. The minimum atomic E-state index is -1.03. The van der Waals surface area contributed by atoms with Gasteiger partial charge in [-0.15, -0.1) is 0 Å². The number of carboxylic acid groups (broad SMARTS) is 1. The number of anilines is 1. The molecule has 0 radical (unpaired) electrons. The van der Waals surface area contributed by atoms with Gasteiger partial charge >= 0.3 is 12.0 Å². The lowest BCUT2D eigenvalue weighted by atomic mass is 10.2. The van der Waals surface area contributed by atoms with E-state index in [1.807, 2.05) is 7.05 Å². The Morgan fingerprint density at radius 2 is 2.00 bits per heavy atom. The van der Waals surface area contributed by atoms with E-state index in [1.165, 1.54) is 6.07 Å². The molecule has 0 saturated carbocycles. The monoisotopic (exact) mass is 355 g/mol. The fourth-order valence-corrected chi connectivity index (χ4v) is 2.64. The number of nitrogens with zero attached hydrogens (tertiary/aromatic N) is 2. The third-order valence-electron chi connectivity index (χ3n) is 3.45. The lowest BCUT2D eigenvalue weighted by Gasteiger charge is -2.21. The molecule has 7 heteroatoms. The van der Waals surface area contributed by atoms with Gasteiger partial charge in [-0.2, -0.15) is 0 Å². The van der Waals surface area contributed by atoms with Crippen molar-refractivity contribution in [3.05, 3.63) is 28.2 Å². The van der Waals surface area contributed by atoms with E-state index in [2.05, 4.69) is 26.1 Å². The van der Waals surface area contributed by atoms with Crippen LogP contribution >= 0.6 is 15.9 Å².